The van der Waals surface area contributed by atoms with Crippen LogP contribution in [-0.4, -0.2) is 74.1 Å². The highest BCUT2D eigenvalue weighted by atomic mass is 32.2. The minimum Gasteiger partial charge on any atom is -0.496 e. The molecule has 0 unspecified atom stereocenters. The lowest BCUT2D eigenvalue weighted by Gasteiger charge is -2.23. The Kier molecular flexibility index (Phi) is 7.56. The largest absolute Gasteiger partial charge is 0.496 e. The number of thioether (sulfide) groups is 1. The Hall–Kier alpha value is -3.27. The van der Waals surface area contributed by atoms with Crippen LogP contribution in [0.15, 0.2) is 41.5 Å². The molecule has 0 aromatic heterocycles. The molecule has 0 saturated carbocycles. The van der Waals surface area contributed by atoms with E-state index >= 15 is 4.39 Å². The summed E-state index contributed by atoms with van der Waals surface area (Å²) in [6, 6.07) is 10.1. The Labute approximate surface area is 202 Å². The third-order valence-corrected chi connectivity index (χ3v) is 6.55. The van der Waals surface area contributed by atoms with E-state index in [1.165, 1.54) is 17.9 Å². The number of cyclic esters (lactones) is 1. The van der Waals surface area contributed by atoms with Crippen molar-refractivity contribution in [3.8, 4) is 16.9 Å². The van der Waals surface area contributed by atoms with Gasteiger partial charge in [0.15, 0.2) is 0 Å². The number of ether oxygens (including phenoxy) is 2. The zero-order valence-corrected chi connectivity index (χ0v) is 19.9. The predicted octanol–water partition coefficient (Wildman–Crippen LogP) is 3.35. The summed E-state index contributed by atoms with van der Waals surface area (Å²) in [6.45, 7) is 3.67. The molecule has 2 saturated heterocycles. The number of nitrogens with zero attached hydrogens (tertiary/aromatic N) is 3. The average molecular weight is 487 g/mol. The van der Waals surface area contributed by atoms with Crippen molar-refractivity contribution in [1.29, 1.82) is 0 Å². The lowest BCUT2D eigenvalue weighted by molar-refractivity contribution is -0.119. The summed E-state index contributed by atoms with van der Waals surface area (Å²) in [5.41, 5.74) is 2.25. The molecule has 2 heterocycles. The highest BCUT2D eigenvalue weighted by Gasteiger charge is 2.32. The highest BCUT2D eigenvalue weighted by molar-refractivity contribution is 7.99. The Morgan fingerprint density at radius 1 is 1.29 bits per heavy atom. The van der Waals surface area contributed by atoms with Gasteiger partial charge in [0.05, 0.1) is 32.1 Å². The summed E-state index contributed by atoms with van der Waals surface area (Å²) in [6.07, 6.45) is 0.718. The van der Waals surface area contributed by atoms with Crippen LogP contribution < -0.4 is 15.0 Å². The van der Waals surface area contributed by atoms with E-state index in [9.17, 15) is 9.59 Å². The zero-order valence-electron chi connectivity index (χ0n) is 19.1. The van der Waals surface area contributed by atoms with Crippen LogP contribution in [0.2, 0.25) is 0 Å². The number of nitrogens with one attached hydrogen (secondary N) is 1. The average Bonchev–Trinajstić information content (AvgIpc) is 3.22. The fourth-order valence-corrected chi connectivity index (χ4v) is 4.68. The first-order valence-electron chi connectivity index (χ1n) is 11.0. The molecule has 0 aliphatic carbocycles. The van der Waals surface area contributed by atoms with Crippen LogP contribution in [0.25, 0.3) is 11.1 Å². The van der Waals surface area contributed by atoms with Crippen molar-refractivity contribution in [2.45, 2.75) is 13.0 Å². The van der Waals surface area contributed by atoms with Crippen LogP contribution >= 0.6 is 11.8 Å². The summed E-state index contributed by atoms with van der Waals surface area (Å²) < 4.78 is 25.9. The Bertz CT molecular complexity index is 1090. The lowest BCUT2D eigenvalue weighted by atomic mass is 10.0. The SMILES string of the molecule is COc1cc(-c2ccc(N3C[C@H](CNC(C)=O)OC3=O)cc2F)ccc1C=NN1CCSCC1. The molecule has 34 heavy (non-hydrogen) atoms. The van der Waals surface area contributed by atoms with Gasteiger partial charge in [0.25, 0.3) is 0 Å². The van der Waals surface area contributed by atoms with Gasteiger partial charge in [-0.15, -0.1) is 0 Å². The monoisotopic (exact) mass is 486 g/mol. The van der Waals surface area contributed by atoms with E-state index in [1.807, 2.05) is 28.9 Å². The first kappa shape index (κ1) is 23.9. The van der Waals surface area contributed by atoms with Crippen LogP contribution in [0.5, 0.6) is 5.75 Å². The second-order valence-electron chi connectivity index (χ2n) is 7.98. The van der Waals surface area contributed by atoms with Gasteiger partial charge in [-0.05, 0) is 35.9 Å². The maximum Gasteiger partial charge on any atom is 0.414 e. The number of carbonyl (C=O) groups excluding carboxylic acids is 2. The highest BCUT2D eigenvalue weighted by Crippen LogP contribution is 2.32. The third kappa shape index (κ3) is 5.61. The molecule has 8 nitrogen and oxygen atoms in total. The van der Waals surface area contributed by atoms with Gasteiger partial charge in [-0.25, -0.2) is 9.18 Å². The van der Waals surface area contributed by atoms with Crippen LogP contribution in [0.3, 0.4) is 0 Å². The van der Waals surface area contributed by atoms with Gasteiger partial charge in [-0.1, -0.05) is 6.07 Å². The van der Waals surface area contributed by atoms with E-state index in [4.69, 9.17) is 9.47 Å². The molecule has 2 amide bonds. The van der Waals surface area contributed by atoms with E-state index in [1.54, 1.807) is 31.5 Å². The molecule has 2 aromatic carbocycles. The van der Waals surface area contributed by atoms with Crippen LogP contribution in [-0.2, 0) is 9.53 Å². The van der Waals surface area contributed by atoms with Crippen molar-refractivity contribution in [3.05, 3.63) is 47.8 Å². The van der Waals surface area contributed by atoms with Crippen molar-refractivity contribution in [2.75, 3.05) is 49.7 Å². The molecule has 2 fully saturated rings. The Morgan fingerprint density at radius 2 is 2.09 bits per heavy atom. The summed E-state index contributed by atoms with van der Waals surface area (Å²) >= 11 is 1.92. The lowest BCUT2D eigenvalue weighted by Crippen LogP contribution is -2.33. The van der Waals surface area contributed by atoms with E-state index in [-0.39, 0.29) is 19.0 Å². The summed E-state index contributed by atoms with van der Waals surface area (Å²) in [5, 5.41) is 9.20. The minimum atomic E-state index is -0.569. The Morgan fingerprint density at radius 3 is 2.79 bits per heavy atom. The van der Waals surface area contributed by atoms with Crippen molar-refractivity contribution >= 4 is 35.7 Å². The van der Waals surface area contributed by atoms with Crippen molar-refractivity contribution < 1.29 is 23.5 Å². The molecule has 180 valence electrons. The third-order valence-electron chi connectivity index (χ3n) is 5.61. The second kappa shape index (κ2) is 10.8. The number of hydrazone groups is 1. The molecule has 0 radical (unpaired) electrons. The van der Waals surface area contributed by atoms with E-state index in [0.717, 1.165) is 30.2 Å². The summed E-state index contributed by atoms with van der Waals surface area (Å²) in [7, 11) is 1.57. The molecule has 2 aliphatic rings. The number of carbonyl (C=O) groups is 2. The number of hydrogen-bond acceptors (Lipinski definition) is 7. The molecule has 0 bridgehead atoms. The first-order valence-corrected chi connectivity index (χ1v) is 12.2. The van der Waals surface area contributed by atoms with Gasteiger partial charge in [0, 0.05) is 42.6 Å². The van der Waals surface area contributed by atoms with Gasteiger partial charge in [0.2, 0.25) is 5.91 Å². The van der Waals surface area contributed by atoms with Crippen molar-refractivity contribution in [2.24, 2.45) is 5.10 Å². The topological polar surface area (TPSA) is 83.5 Å². The molecule has 2 aromatic rings. The normalized spacial score (nSPS) is 18.3. The smallest absolute Gasteiger partial charge is 0.414 e. The summed E-state index contributed by atoms with van der Waals surface area (Å²) in [5.74, 6) is 2.05. The number of halogens is 1. The number of amides is 2. The van der Waals surface area contributed by atoms with E-state index < -0.39 is 18.0 Å². The molecule has 10 heteroatoms. The minimum absolute atomic E-state index is 0.205. The van der Waals surface area contributed by atoms with Gasteiger partial charge in [0.1, 0.15) is 17.7 Å². The molecule has 4 rings (SSSR count). The fourth-order valence-electron chi connectivity index (χ4n) is 3.80. The first-order chi connectivity index (χ1) is 16.4. The molecule has 1 atom stereocenters. The maximum atomic E-state index is 15.1. The number of methoxy groups -OCH3 is 1. The van der Waals surface area contributed by atoms with Gasteiger partial charge in [-0.2, -0.15) is 16.9 Å². The Balaban J connectivity index is 1.49. The standard InChI is InChI=1S/C24H27FN4O4S/c1-16(30)26-14-20-15-29(24(31)33-20)19-5-6-21(22(25)12-19)17-3-4-18(23(11-17)32-2)13-27-28-7-9-34-10-8-28/h3-6,11-13,20H,7-10,14-15H2,1-2H3,(H,26,30)/t20-/m0/s1. The molecule has 0 spiro atoms. The number of rotatable bonds is 7. The summed E-state index contributed by atoms with van der Waals surface area (Å²) in [4.78, 5) is 24.7. The second-order valence-corrected chi connectivity index (χ2v) is 9.21. The zero-order chi connectivity index (χ0) is 24.1. The number of hydrogen-bond donors (Lipinski definition) is 1. The molecule has 2 aliphatic heterocycles. The number of benzene rings is 2. The molecule has 1 N–H and O–H groups in total. The predicted molar refractivity (Wildman–Crippen MR) is 131 cm³/mol. The van der Waals surface area contributed by atoms with Crippen molar-refractivity contribution in [3.63, 3.8) is 0 Å². The molecular formula is C24H27FN4O4S. The van der Waals surface area contributed by atoms with Gasteiger partial charge in [-0.3, -0.25) is 14.7 Å². The quantitative estimate of drug-likeness (QED) is 0.605. The molecular weight excluding hydrogens is 459 g/mol. The maximum absolute atomic E-state index is 15.1. The van der Waals surface area contributed by atoms with E-state index in [2.05, 4.69) is 10.4 Å². The van der Waals surface area contributed by atoms with Gasteiger partial charge >= 0.3 is 6.09 Å². The van der Waals surface area contributed by atoms with Crippen molar-refractivity contribution in [1.82, 2.24) is 10.3 Å². The van der Waals surface area contributed by atoms with Crippen LogP contribution in [0.4, 0.5) is 14.9 Å². The van der Waals surface area contributed by atoms with Crippen LogP contribution in [0.1, 0.15) is 12.5 Å². The van der Waals surface area contributed by atoms with Crippen LogP contribution in [0, 0.1) is 5.82 Å². The number of anilines is 1. The van der Waals surface area contributed by atoms with Gasteiger partial charge < -0.3 is 14.8 Å². The van der Waals surface area contributed by atoms with E-state index in [0.29, 0.717) is 22.6 Å². The fraction of sp³-hybridized carbons (Fsp3) is 0.375.